The summed E-state index contributed by atoms with van der Waals surface area (Å²) in [6.07, 6.45) is 2.78. The maximum absolute atomic E-state index is 13.2. The van der Waals surface area contributed by atoms with Crippen LogP contribution in [0.3, 0.4) is 0 Å². The van der Waals surface area contributed by atoms with Gasteiger partial charge in [0.05, 0.1) is 21.4 Å². The monoisotopic (exact) mass is 478 g/mol. The minimum absolute atomic E-state index is 0. The quantitative estimate of drug-likeness (QED) is 0.564. The molecule has 0 aliphatic carbocycles. The number of likely N-dealkylation sites (N-methyl/N-ethyl adjacent to an activating group) is 1. The van der Waals surface area contributed by atoms with Crippen molar-refractivity contribution in [2.75, 3.05) is 20.1 Å². The molecule has 8 heteroatoms. The number of benzene rings is 2. The molecular formula is C23H25Cl3N4O. The summed E-state index contributed by atoms with van der Waals surface area (Å²) in [6, 6.07) is 15.3. The smallest absolute Gasteiger partial charge is 0.253 e. The highest BCUT2D eigenvalue weighted by atomic mass is 35.5. The highest BCUT2D eigenvalue weighted by molar-refractivity contribution is 6.42. The van der Waals surface area contributed by atoms with Crippen molar-refractivity contribution < 1.29 is 4.79 Å². The van der Waals surface area contributed by atoms with E-state index in [9.17, 15) is 4.79 Å². The van der Waals surface area contributed by atoms with E-state index in [0.29, 0.717) is 15.6 Å². The molecule has 0 spiro atoms. The Hall–Kier alpha value is -2.05. The van der Waals surface area contributed by atoms with E-state index in [1.165, 1.54) is 0 Å². The van der Waals surface area contributed by atoms with Gasteiger partial charge in [0, 0.05) is 37.3 Å². The van der Waals surface area contributed by atoms with Crippen LogP contribution in [-0.2, 0) is 0 Å². The summed E-state index contributed by atoms with van der Waals surface area (Å²) >= 11 is 12.3. The summed E-state index contributed by atoms with van der Waals surface area (Å²) < 4.78 is 1.81. The number of aryl methyl sites for hydroxylation is 1. The predicted octanol–water partition coefficient (Wildman–Crippen LogP) is 5.13. The molecule has 1 N–H and O–H groups in total. The summed E-state index contributed by atoms with van der Waals surface area (Å²) in [5.74, 6) is 0.156. The molecule has 3 aromatic rings. The van der Waals surface area contributed by atoms with Crippen LogP contribution in [0.1, 0.15) is 34.0 Å². The second-order valence-electron chi connectivity index (χ2n) is 7.70. The number of piperidine rings is 1. The Balaban J connectivity index is 0.00000272. The minimum Gasteiger partial charge on any atom is -0.338 e. The van der Waals surface area contributed by atoms with Gasteiger partial charge < -0.3 is 10.2 Å². The number of rotatable bonds is 4. The van der Waals surface area contributed by atoms with Crippen LogP contribution >= 0.6 is 35.6 Å². The first-order valence-electron chi connectivity index (χ1n) is 9.99. The molecule has 2 atom stereocenters. The molecule has 0 radical (unpaired) electrons. The first-order chi connectivity index (χ1) is 14.4. The zero-order valence-corrected chi connectivity index (χ0v) is 19.7. The Morgan fingerprint density at radius 2 is 1.87 bits per heavy atom. The van der Waals surface area contributed by atoms with Crippen molar-refractivity contribution in [1.82, 2.24) is 20.0 Å². The Morgan fingerprint density at radius 3 is 2.52 bits per heavy atom. The maximum atomic E-state index is 13.2. The molecule has 1 aliphatic rings. The number of hydrogen-bond acceptors (Lipinski definition) is 3. The lowest BCUT2D eigenvalue weighted by Crippen LogP contribution is -2.49. The van der Waals surface area contributed by atoms with E-state index in [0.717, 1.165) is 36.5 Å². The topological polar surface area (TPSA) is 50.2 Å². The van der Waals surface area contributed by atoms with Gasteiger partial charge in [-0.15, -0.1) is 12.4 Å². The number of carbonyl (C=O) groups is 1. The molecule has 0 bridgehead atoms. The second kappa shape index (κ2) is 10.0. The summed E-state index contributed by atoms with van der Waals surface area (Å²) in [5.41, 5.74) is 3.63. The number of carbonyl (C=O) groups excluding carboxylic acids is 1. The van der Waals surface area contributed by atoms with Gasteiger partial charge in [0.25, 0.3) is 5.91 Å². The van der Waals surface area contributed by atoms with Gasteiger partial charge in [0.1, 0.15) is 0 Å². The van der Waals surface area contributed by atoms with Gasteiger partial charge in [0.2, 0.25) is 0 Å². The lowest BCUT2D eigenvalue weighted by Gasteiger charge is -2.39. The van der Waals surface area contributed by atoms with Crippen LogP contribution < -0.4 is 5.32 Å². The average Bonchev–Trinajstić information content (AvgIpc) is 3.21. The van der Waals surface area contributed by atoms with E-state index in [1.807, 2.05) is 73.6 Å². The van der Waals surface area contributed by atoms with Crippen LogP contribution in [0.5, 0.6) is 0 Å². The highest BCUT2D eigenvalue weighted by Gasteiger charge is 2.32. The first-order valence-corrected chi connectivity index (χ1v) is 10.7. The SMILES string of the molecule is Cc1ccn(-c2ccc(C(=O)N(C)[C@@H]3CCNC[C@H]3c3ccc(Cl)c(Cl)c3)cc2)n1.Cl. The lowest BCUT2D eigenvalue weighted by atomic mass is 9.85. The van der Waals surface area contributed by atoms with E-state index in [1.54, 1.807) is 4.68 Å². The molecule has 164 valence electrons. The third kappa shape index (κ3) is 5.07. The molecular weight excluding hydrogens is 455 g/mol. The van der Waals surface area contributed by atoms with E-state index in [2.05, 4.69) is 10.4 Å². The summed E-state index contributed by atoms with van der Waals surface area (Å²) in [5, 5.41) is 8.93. The molecule has 1 aliphatic heterocycles. The fourth-order valence-electron chi connectivity index (χ4n) is 4.06. The highest BCUT2D eigenvalue weighted by Crippen LogP contribution is 2.32. The predicted molar refractivity (Wildman–Crippen MR) is 128 cm³/mol. The Morgan fingerprint density at radius 1 is 1.13 bits per heavy atom. The third-order valence-electron chi connectivity index (χ3n) is 5.74. The molecule has 31 heavy (non-hydrogen) atoms. The average molecular weight is 480 g/mol. The van der Waals surface area contributed by atoms with Crippen molar-refractivity contribution in [2.24, 2.45) is 0 Å². The maximum Gasteiger partial charge on any atom is 0.253 e. The van der Waals surface area contributed by atoms with Crippen LogP contribution in [0.4, 0.5) is 0 Å². The van der Waals surface area contributed by atoms with Gasteiger partial charge in [-0.2, -0.15) is 5.10 Å². The summed E-state index contributed by atoms with van der Waals surface area (Å²) in [7, 11) is 1.88. The molecule has 2 heterocycles. The number of nitrogens with one attached hydrogen (secondary N) is 1. The minimum atomic E-state index is 0. The molecule has 1 amide bonds. The zero-order chi connectivity index (χ0) is 21.3. The Bertz CT molecular complexity index is 1050. The van der Waals surface area contributed by atoms with Crippen LogP contribution in [0.25, 0.3) is 5.69 Å². The van der Waals surface area contributed by atoms with Crippen molar-refractivity contribution in [3.05, 3.63) is 81.6 Å². The van der Waals surface area contributed by atoms with Crippen LogP contribution in [0, 0.1) is 6.92 Å². The van der Waals surface area contributed by atoms with Crippen molar-refractivity contribution in [3.63, 3.8) is 0 Å². The Labute approximate surface area is 198 Å². The molecule has 2 aromatic carbocycles. The van der Waals surface area contributed by atoms with Gasteiger partial charge in [-0.25, -0.2) is 4.68 Å². The number of halogens is 3. The van der Waals surface area contributed by atoms with E-state index in [-0.39, 0.29) is 30.3 Å². The normalized spacial score (nSPS) is 18.3. The first kappa shape index (κ1) is 23.6. The van der Waals surface area contributed by atoms with Crippen molar-refractivity contribution in [1.29, 1.82) is 0 Å². The number of amides is 1. The summed E-state index contributed by atoms with van der Waals surface area (Å²) in [6.45, 7) is 3.61. The van der Waals surface area contributed by atoms with Gasteiger partial charge in [0.15, 0.2) is 0 Å². The molecule has 1 fully saturated rings. The van der Waals surface area contributed by atoms with Crippen LogP contribution in [0.2, 0.25) is 10.0 Å². The van der Waals surface area contributed by atoms with Crippen molar-refractivity contribution in [2.45, 2.75) is 25.3 Å². The molecule has 0 unspecified atom stereocenters. The number of nitrogens with zero attached hydrogens (tertiary/aromatic N) is 3. The lowest BCUT2D eigenvalue weighted by molar-refractivity contribution is 0.0679. The third-order valence-corrected chi connectivity index (χ3v) is 6.48. The number of hydrogen-bond donors (Lipinski definition) is 1. The van der Waals surface area contributed by atoms with Crippen LogP contribution in [-0.4, -0.2) is 46.8 Å². The molecule has 0 saturated carbocycles. The standard InChI is InChI=1S/C23H24Cl2N4O.ClH/c1-15-10-12-29(27-15)18-6-3-16(4-7-18)23(30)28(2)22-9-11-26-14-19(22)17-5-8-20(24)21(25)13-17;/h3-8,10,12-13,19,22,26H,9,11,14H2,1-2H3;1H/t19-,22+;/m0./s1. The molecule has 4 rings (SSSR count). The van der Waals surface area contributed by atoms with Crippen molar-refractivity contribution in [3.8, 4) is 5.69 Å². The van der Waals surface area contributed by atoms with Gasteiger partial charge in [-0.1, -0.05) is 29.3 Å². The fourth-order valence-corrected chi connectivity index (χ4v) is 4.37. The van der Waals surface area contributed by atoms with Crippen LogP contribution in [0.15, 0.2) is 54.7 Å². The Kier molecular flexibility index (Phi) is 7.65. The fraction of sp³-hybridized carbons (Fsp3) is 0.304. The molecule has 1 aromatic heterocycles. The van der Waals surface area contributed by atoms with E-state index in [4.69, 9.17) is 23.2 Å². The van der Waals surface area contributed by atoms with Gasteiger partial charge in [-0.3, -0.25) is 4.79 Å². The molecule has 5 nitrogen and oxygen atoms in total. The summed E-state index contributed by atoms with van der Waals surface area (Å²) in [4.78, 5) is 15.1. The van der Waals surface area contributed by atoms with Gasteiger partial charge in [-0.05, 0) is 67.9 Å². The zero-order valence-electron chi connectivity index (χ0n) is 17.4. The molecule has 1 saturated heterocycles. The number of aromatic nitrogens is 2. The van der Waals surface area contributed by atoms with E-state index < -0.39 is 0 Å². The van der Waals surface area contributed by atoms with Gasteiger partial charge >= 0.3 is 0 Å². The van der Waals surface area contributed by atoms with Crippen molar-refractivity contribution >= 4 is 41.5 Å². The second-order valence-corrected chi connectivity index (χ2v) is 8.52. The van der Waals surface area contributed by atoms with E-state index >= 15 is 0 Å². The largest absolute Gasteiger partial charge is 0.338 e.